The van der Waals surface area contributed by atoms with Gasteiger partial charge in [-0.3, -0.25) is 0 Å². The van der Waals surface area contributed by atoms with E-state index in [0.717, 1.165) is 23.9 Å². The first kappa shape index (κ1) is 12.9. The van der Waals surface area contributed by atoms with Gasteiger partial charge in [0.15, 0.2) is 5.82 Å². The van der Waals surface area contributed by atoms with Crippen molar-refractivity contribution in [2.45, 2.75) is 44.6 Å². The molecule has 1 heterocycles. The Balaban J connectivity index is 1.95. The Bertz CT molecular complexity index is 355. The van der Waals surface area contributed by atoms with E-state index in [4.69, 9.17) is 10.3 Å². The summed E-state index contributed by atoms with van der Waals surface area (Å²) in [6, 6.07) is -0.109. The van der Waals surface area contributed by atoms with Gasteiger partial charge in [0.1, 0.15) is 0 Å². The van der Waals surface area contributed by atoms with Gasteiger partial charge in [-0.25, -0.2) is 0 Å². The van der Waals surface area contributed by atoms with Gasteiger partial charge in [0.25, 0.3) is 0 Å². The summed E-state index contributed by atoms with van der Waals surface area (Å²) in [5.41, 5.74) is 6.01. The zero-order chi connectivity index (χ0) is 12.3. The molecular weight excluding hydrogens is 234 g/mol. The summed E-state index contributed by atoms with van der Waals surface area (Å²) in [7, 11) is 0. The lowest BCUT2D eigenvalue weighted by molar-refractivity contribution is 0.346. The van der Waals surface area contributed by atoms with E-state index in [0.29, 0.717) is 11.8 Å². The number of thioether (sulfide) groups is 1. The van der Waals surface area contributed by atoms with Gasteiger partial charge in [-0.2, -0.15) is 16.7 Å². The van der Waals surface area contributed by atoms with Gasteiger partial charge in [0.2, 0.25) is 5.89 Å². The fourth-order valence-corrected chi connectivity index (χ4v) is 2.86. The third kappa shape index (κ3) is 3.22. The zero-order valence-corrected chi connectivity index (χ0v) is 11.4. The van der Waals surface area contributed by atoms with Crippen molar-refractivity contribution in [3.05, 3.63) is 11.7 Å². The number of rotatable bonds is 5. The van der Waals surface area contributed by atoms with Crippen LogP contribution in [0.2, 0.25) is 0 Å². The molecule has 2 N–H and O–H groups in total. The molecule has 0 radical (unpaired) electrons. The highest BCUT2D eigenvalue weighted by Crippen LogP contribution is 2.36. The predicted molar refractivity (Wildman–Crippen MR) is 70.0 cm³/mol. The molecule has 2 rings (SSSR count). The van der Waals surface area contributed by atoms with Gasteiger partial charge in [-0.1, -0.05) is 12.1 Å². The summed E-state index contributed by atoms with van der Waals surface area (Å²) in [4.78, 5) is 4.47. The molecule has 0 bridgehead atoms. The van der Waals surface area contributed by atoms with Crippen LogP contribution < -0.4 is 5.73 Å². The lowest BCUT2D eigenvalue weighted by Crippen LogP contribution is -2.11. The van der Waals surface area contributed by atoms with E-state index in [-0.39, 0.29) is 6.04 Å². The maximum Gasteiger partial charge on any atom is 0.243 e. The SMILES string of the molecule is CSCC[C@@H](N)c1nc(C2CCC(C)C2)no1. The van der Waals surface area contributed by atoms with Crippen molar-refractivity contribution in [1.29, 1.82) is 0 Å². The predicted octanol–water partition coefficient (Wildman–Crippen LogP) is 2.73. The molecule has 0 amide bonds. The van der Waals surface area contributed by atoms with Crippen LogP contribution in [0.25, 0.3) is 0 Å². The fourth-order valence-electron chi connectivity index (χ4n) is 2.37. The van der Waals surface area contributed by atoms with Gasteiger partial charge >= 0.3 is 0 Å². The minimum absolute atomic E-state index is 0.109. The van der Waals surface area contributed by atoms with Gasteiger partial charge in [-0.05, 0) is 43.6 Å². The van der Waals surface area contributed by atoms with Crippen LogP contribution in [0.1, 0.15) is 56.3 Å². The third-order valence-corrected chi connectivity index (χ3v) is 4.11. The second kappa shape index (κ2) is 5.87. The molecule has 0 saturated heterocycles. The molecule has 4 nitrogen and oxygen atoms in total. The maximum absolute atomic E-state index is 6.01. The van der Waals surface area contributed by atoms with E-state index in [2.05, 4.69) is 23.3 Å². The number of hydrogen-bond donors (Lipinski definition) is 1. The highest BCUT2D eigenvalue weighted by atomic mass is 32.2. The van der Waals surface area contributed by atoms with Gasteiger partial charge in [0, 0.05) is 5.92 Å². The largest absolute Gasteiger partial charge is 0.338 e. The van der Waals surface area contributed by atoms with Crippen LogP contribution in [0.15, 0.2) is 4.52 Å². The molecule has 5 heteroatoms. The standard InChI is InChI=1S/C12H21N3OS/c1-8-3-4-9(7-8)11-14-12(16-15-11)10(13)5-6-17-2/h8-10H,3-7,13H2,1-2H3/t8?,9?,10-/m1/s1. The quantitative estimate of drug-likeness (QED) is 0.876. The molecule has 2 unspecified atom stereocenters. The molecule has 0 aliphatic heterocycles. The van der Waals surface area contributed by atoms with Gasteiger partial charge < -0.3 is 10.3 Å². The number of nitrogens with two attached hydrogens (primary N) is 1. The van der Waals surface area contributed by atoms with E-state index in [1.54, 1.807) is 11.8 Å². The van der Waals surface area contributed by atoms with Crippen molar-refractivity contribution in [2.24, 2.45) is 11.7 Å². The van der Waals surface area contributed by atoms with Crippen molar-refractivity contribution >= 4 is 11.8 Å². The Hall–Kier alpha value is -0.550. The molecule has 1 saturated carbocycles. The Morgan fingerprint density at radius 3 is 3.00 bits per heavy atom. The first-order chi connectivity index (χ1) is 8.20. The summed E-state index contributed by atoms with van der Waals surface area (Å²) in [6.45, 7) is 2.28. The molecule has 3 atom stereocenters. The van der Waals surface area contributed by atoms with Crippen LogP contribution in [0.5, 0.6) is 0 Å². The third-order valence-electron chi connectivity index (χ3n) is 3.47. The first-order valence-corrected chi connectivity index (χ1v) is 7.68. The monoisotopic (exact) mass is 255 g/mol. The number of aromatic nitrogens is 2. The van der Waals surface area contributed by atoms with Crippen molar-refractivity contribution in [1.82, 2.24) is 10.1 Å². The molecule has 0 aromatic carbocycles. The summed E-state index contributed by atoms with van der Waals surface area (Å²) in [5.74, 6) is 3.76. The smallest absolute Gasteiger partial charge is 0.243 e. The lowest BCUT2D eigenvalue weighted by Gasteiger charge is -2.04. The molecule has 1 aromatic rings. The van der Waals surface area contributed by atoms with Crippen LogP contribution in [-0.4, -0.2) is 22.1 Å². The van der Waals surface area contributed by atoms with E-state index < -0.39 is 0 Å². The minimum Gasteiger partial charge on any atom is -0.338 e. The second-order valence-electron chi connectivity index (χ2n) is 4.99. The van der Waals surface area contributed by atoms with Crippen molar-refractivity contribution in [3.63, 3.8) is 0 Å². The van der Waals surface area contributed by atoms with Gasteiger partial charge in [-0.15, -0.1) is 0 Å². The van der Waals surface area contributed by atoms with Crippen LogP contribution >= 0.6 is 11.8 Å². The lowest BCUT2D eigenvalue weighted by atomic mass is 10.1. The van der Waals surface area contributed by atoms with Gasteiger partial charge in [0.05, 0.1) is 6.04 Å². The molecule has 1 aliphatic carbocycles. The van der Waals surface area contributed by atoms with Crippen molar-refractivity contribution in [2.75, 3.05) is 12.0 Å². The Morgan fingerprint density at radius 1 is 1.53 bits per heavy atom. The summed E-state index contributed by atoms with van der Waals surface area (Å²) >= 11 is 1.79. The summed E-state index contributed by atoms with van der Waals surface area (Å²) in [6.07, 6.45) is 6.60. The second-order valence-corrected chi connectivity index (χ2v) is 5.98. The number of nitrogens with zero attached hydrogens (tertiary/aromatic N) is 2. The fraction of sp³-hybridized carbons (Fsp3) is 0.833. The van der Waals surface area contributed by atoms with E-state index in [9.17, 15) is 0 Å². The van der Waals surface area contributed by atoms with E-state index >= 15 is 0 Å². The molecule has 1 fully saturated rings. The Labute approximate surface area is 107 Å². The van der Waals surface area contributed by atoms with Crippen LogP contribution in [0, 0.1) is 5.92 Å². The molecule has 1 aromatic heterocycles. The Morgan fingerprint density at radius 2 is 2.35 bits per heavy atom. The highest BCUT2D eigenvalue weighted by molar-refractivity contribution is 7.98. The average molecular weight is 255 g/mol. The van der Waals surface area contributed by atoms with E-state index in [1.165, 1.54) is 19.3 Å². The molecule has 96 valence electrons. The van der Waals surface area contributed by atoms with Crippen LogP contribution in [0.3, 0.4) is 0 Å². The first-order valence-electron chi connectivity index (χ1n) is 6.28. The molecule has 17 heavy (non-hydrogen) atoms. The average Bonchev–Trinajstić information content (AvgIpc) is 2.93. The Kier molecular flexibility index (Phi) is 4.45. The zero-order valence-electron chi connectivity index (χ0n) is 10.6. The van der Waals surface area contributed by atoms with Crippen LogP contribution in [0.4, 0.5) is 0 Å². The van der Waals surface area contributed by atoms with Crippen molar-refractivity contribution < 1.29 is 4.52 Å². The maximum atomic E-state index is 6.01. The molecule has 1 aliphatic rings. The number of hydrogen-bond acceptors (Lipinski definition) is 5. The topological polar surface area (TPSA) is 64.9 Å². The van der Waals surface area contributed by atoms with E-state index in [1.807, 2.05) is 0 Å². The molecular formula is C12H21N3OS. The summed E-state index contributed by atoms with van der Waals surface area (Å²) in [5, 5.41) is 4.09. The normalized spacial score (nSPS) is 26.3. The minimum atomic E-state index is -0.109. The van der Waals surface area contributed by atoms with Crippen LogP contribution in [-0.2, 0) is 0 Å². The highest BCUT2D eigenvalue weighted by Gasteiger charge is 2.27. The molecule has 0 spiro atoms. The van der Waals surface area contributed by atoms with Crippen molar-refractivity contribution in [3.8, 4) is 0 Å². The summed E-state index contributed by atoms with van der Waals surface area (Å²) < 4.78 is 5.28.